The van der Waals surface area contributed by atoms with Gasteiger partial charge in [-0.3, -0.25) is 5.10 Å². The van der Waals surface area contributed by atoms with Crippen molar-refractivity contribution in [3.8, 4) is 5.88 Å². The molecule has 1 aromatic heterocycles. The Labute approximate surface area is 85.0 Å². The molecule has 0 fully saturated rings. The van der Waals surface area contributed by atoms with E-state index in [1.807, 2.05) is 20.0 Å². The second-order valence-electron chi connectivity index (χ2n) is 4.37. The smallest absolute Gasteiger partial charge is 0.232 e. The van der Waals surface area contributed by atoms with Crippen LogP contribution in [0, 0.1) is 12.3 Å². The van der Waals surface area contributed by atoms with E-state index in [0.717, 1.165) is 12.2 Å². The van der Waals surface area contributed by atoms with Gasteiger partial charge in [0.15, 0.2) is 0 Å². The molecule has 4 heteroatoms. The molecule has 80 valence electrons. The van der Waals surface area contributed by atoms with Crippen molar-refractivity contribution in [2.75, 3.05) is 20.2 Å². The van der Waals surface area contributed by atoms with E-state index in [1.165, 1.54) is 0 Å². The van der Waals surface area contributed by atoms with E-state index < -0.39 is 0 Å². The maximum Gasteiger partial charge on any atom is 0.232 e. The molecule has 0 saturated carbocycles. The van der Waals surface area contributed by atoms with E-state index in [4.69, 9.17) is 4.74 Å². The van der Waals surface area contributed by atoms with Gasteiger partial charge in [0.1, 0.15) is 0 Å². The first-order chi connectivity index (χ1) is 6.53. The number of rotatable bonds is 5. The Balaban J connectivity index is 2.40. The Hall–Kier alpha value is -1.03. The first-order valence-corrected chi connectivity index (χ1v) is 4.83. The van der Waals surface area contributed by atoms with Gasteiger partial charge >= 0.3 is 0 Å². The Morgan fingerprint density at radius 3 is 2.79 bits per heavy atom. The van der Waals surface area contributed by atoms with Crippen LogP contribution in [0.15, 0.2) is 6.07 Å². The molecule has 1 aromatic rings. The number of nitrogens with one attached hydrogen (secondary N) is 2. The molecule has 14 heavy (non-hydrogen) atoms. The van der Waals surface area contributed by atoms with Crippen molar-refractivity contribution in [1.82, 2.24) is 15.5 Å². The fraction of sp³-hybridized carbons (Fsp3) is 0.700. The highest BCUT2D eigenvalue weighted by Crippen LogP contribution is 2.16. The lowest BCUT2D eigenvalue weighted by Crippen LogP contribution is -2.32. The predicted molar refractivity (Wildman–Crippen MR) is 56.5 cm³/mol. The predicted octanol–water partition coefficient (Wildman–Crippen LogP) is 1.34. The Bertz CT molecular complexity index is 281. The van der Waals surface area contributed by atoms with Gasteiger partial charge in [-0.25, -0.2) is 0 Å². The molecule has 0 aliphatic carbocycles. The lowest BCUT2D eigenvalue weighted by atomic mass is 9.95. The Morgan fingerprint density at radius 1 is 1.57 bits per heavy atom. The van der Waals surface area contributed by atoms with Crippen LogP contribution in [0.3, 0.4) is 0 Å². The zero-order chi connectivity index (χ0) is 10.6. The van der Waals surface area contributed by atoms with E-state index in [0.29, 0.717) is 12.5 Å². The third-order valence-electron chi connectivity index (χ3n) is 1.95. The topological polar surface area (TPSA) is 49.9 Å². The van der Waals surface area contributed by atoms with Crippen LogP contribution >= 0.6 is 0 Å². The van der Waals surface area contributed by atoms with Crippen molar-refractivity contribution in [2.45, 2.75) is 20.8 Å². The van der Waals surface area contributed by atoms with E-state index in [9.17, 15) is 0 Å². The normalized spacial score (nSPS) is 11.7. The zero-order valence-corrected chi connectivity index (χ0v) is 9.35. The van der Waals surface area contributed by atoms with Crippen molar-refractivity contribution in [1.29, 1.82) is 0 Å². The summed E-state index contributed by atoms with van der Waals surface area (Å²) in [5.41, 5.74) is 1.15. The molecule has 0 spiro atoms. The third-order valence-corrected chi connectivity index (χ3v) is 1.95. The van der Waals surface area contributed by atoms with E-state index in [1.54, 1.807) is 0 Å². The van der Waals surface area contributed by atoms with Crippen LogP contribution in [0.4, 0.5) is 0 Å². The van der Waals surface area contributed by atoms with Crippen LogP contribution in [0.2, 0.25) is 0 Å². The molecule has 0 saturated heterocycles. The minimum absolute atomic E-state index is 0.127. The van der Waals surface area contributed by atoms with Crippen LogP contribution in [0.1, 0.15) is 19.5 Å². The molecule has 0 radical (unpaired) electrons. The average Bonchev–Trinajstić information content (AvgIpc) is 2.48. The maximum absolute atomic E-state index is 5.56. The summed E-state index contributed by atoms with van der Waals surface area (Å²) in [5, 5.41) is 10.00. The van der Waals surface area contributed by atoms with Crippen molar-refractivity contribution in [3.63, 3.8) is 0 Å². The first-order valence-electron chi connectivity index (χ1n) is 4.83. The summed E-state index contributed by atoms with van der Waals surface area (Å²) in [4.78, 5) is 0. The van der Waals surface area contributed by atoms with Gasteiger partial charge in [0.2, 0.25) is 5.88 Å². The monoisotopic (exact) mass is 197 g/mol. The van der Waals surface area contributed by atoms with Crippen LogP contribution < -0.4 is 10.1 Å². The standard InChI is InChI=1S/C10H19N3O/c1-8-5-9(13-12-8)14-7-10(2,3)6-11-4/h5,11H,6-7H2,1-4H3,(H,12,13). The highest BCUT2D eigenvalue weighted by atomic mass is 16.5. The van der Waals surface area contributed by atoms with Gasteiger partial charge in [-0.15, -0.1) is 5.10 Å². The first kappa shape index (κ1) is 11.0. The molecule has 1 heterocycles. The maximum atomic E-state index is 5.56. The van der Waals surface area contributed by atoms with Crippen LogP contribution in [-0.4, -0.2) is 30.4 Å². The average molecular weight is 197 g/mol. The molecule has 0 aromatic carbocycles. The Kier molecular flexibility index (Phi) is 3.52. The van der Waals surface area contributed by atoms with Gasteiger partial charge in [-0.2, -0.15) is 0 Å². The van der Waals surface area contributed by atoms with Gasteiger partial charge in [-0.05, 0) is 14.0 Å². The van der Waals surface area contributed by atoms with E-state index in [-0.39, 0.29) is 5.41 Å². The molecule has 0 aliphatic heterocycles. The molecule has 0 amide bonds. The van der Waals surface area contributed by atoms with E-state index in [2.05, 4.69) is 29.4 Å². The molecule has 0 aliphatic rings. The number of nitrogens with zero attached hydrogens (tertiary/aromatic N) is 1. The summed E-state index contributed by atoms with van der Waals surface area (Å²) < 4.78 is 5.56. The summed E-state index contributed by atoms with van der Waals surface area (Å²) >= 11 is 0. The number of aromatic nitrogens is 2. The highest BCUT2D eigenvalue weighted by molar-refractivity contribution is 5.12. The third kappa shape index (κ3) is 3.38. The largest absolute Gasteiger partial charge is 0.476 e. The van der Waals surface area contributed by atoms with Gasteiger partial charge in [0.25, 0.3) is 0 Å². The second-order valence-corrected chi connectivity index (χ2v) is 4.37. The molecule has 4 nitrogen and oxygen atoms in total. The molecule has 1 rings (SSSR count). The molecule has 0 unspecified atom stereocenters. The molecular weight excluding hydrogens is 178 g/mol. The zero-order valence-electron chi connectivity index (χ0n) is 9.35. The summed E-state index contributed by atoms with van der Waals surface area (Å²) in [6.07, 6.45) is 0. The van der Waals surface area contributed by atoms with Crippen LogP contribution in [0.25, 0.3) is 0 Å². The summed E-state index contributed by atoms with van der Waals surface area (Å²) in [6, 6.07) is 1.90. The van der Waals surface area contributed by atoms with Gasteiger partial charge < -0.3 is 10.1 Å². The van der Waals surface area contributed by atoms with Crippen molar-refractivity contribution < 1.29 is 4.74 Å². The molecule has 2 N–H and O–H groups in total. The molecular formula is C10H19N3O. The number of ether oxygens (including phenoxy) is 1. The van der Waals surface area contributed by atoms with Crippen LogP contribution in [-0.2, 0) is 0 Å². The number of aromatic amines is 1. The number of hydrogen-bond acceptors (Lipinski definition) is 3. The number of H-pyrrole nitrogens is 1. The van der Waals surface area contributed by atoms with Gasteiger partial charge in [-0.1, -0.05) is 13.8 Å². The van der Waals surface area contributed by atoms with Crippen molar-refractivity contribution >= 4 is 0 Å². The summed E-state index contributed by atoms with van der Waals surface area (Å²) in [7, 11) is 1.94. The van der Waals surface area contributed by atoms with Gasteiger partial charge in [0, 0.05) is 23.7 Å². The van der Waals surface area contributed by atoms with Crippen LogP contribution in [0.5, 0.6) is 5.88 Å². The quantitative estimate of drug-likeness (QED) is 0.749. The fourth-order valence-corrected chi connectivity index (χ4v) is 1.27. The SMILES string of the molecule is CNCC(C)(C)COc1cc(C)[nH]n1. The number of hydrogen-bond donors (Lipinski definition) is 2. The van der Waals surface area contributed by atoms with Crippen molar-refractivity contribution in [2.24, 2.45) is 5.41 Å². The molecule has 0 bridgehead atoms. The minimum atomic E-state index is 0.127. The summed E-state index contributed by atoms with van der Waals surface area (Å²) in [5.74, 6) is 0.673. The van der Waals surface area contributed by atoms with Gasteiger partial charge in [0.05, 0.1) is 6.61 Å². The van der Waals surface area contributed by atoms with E-state index >= 15 is 0 Å². The highest BCUT2D eigenvalue weighted by Gasteiger charge is 2.18. The number of aryl methyl sites for hydroxylation is 1. The molecule has 0 atom stereocenters. The lowest BCUT2D eigenvalue weighted by Gasteiger charge is -2.23. The summed E-state index contributed by atoms with van der Waals surface area (Å²) in [6.45, 7) is 7.86. The van der Waals surface area contributed by atoms with Crippen molar-refractivity contribution in [3.05, 3.63) is 11.8 Å². The Morgan fingerprint density at radius 2 is 2.29 bits per heavy atom. The second kappa shape index (κ2) is 4.46. The fourth-order valence-electron chi connectivity index (χ4n) is 1.27. The lowest BCUT2D eigenvalue weighted by molar-refractivity contribution is 0.173. The minimum Gasteiger partial charge on any atom is -0.476 e.